The summed E-state index contributed by atoms with van der Waals surface area (Å²) in [5, 5.41) is 4.83. The van der Waals surface area contributed by atoms with E-state index in [1.54, 1.807) is 29.6 Å². The van der Waals surface area contributed by atoms with E-state index in [9.17, 15) is 22.8 Å². The Kier molecular flexibility index (Phi) is 6.63. The molecule has 9 heteroatoms. The standard InChI is InChI=1S/C13H15ClF3N3O2/c1-20(6-11(21)18-8-13(15,16)17)7-12(22)19-10-4-2-9(14)3-5-10/h2-5H,6-8H2,1H3,(H,18,21)(H,19,22). The van der Waals surface area contributed by atoms with E-state index in [1.807, 2.05) is 0 Å². The van der Waals surface area contributed by atoms with Crippen LogP contribution in [0.2, 0.25) is 5.02 Å². The van der Waals surface area contributed by atoms with E-state index in [1.165, 1.54) is 11.9 Å². The van der Waals surface area contributed by atoms with Crippen molar-refractivity contribution in [2.24, 2.45) is 0 Å². The van der Waals surface area contributed by atoms with Crippen molar-refractivity contribution >= 4 is 29.1 Å². The maximum atomic E-state index is 11.9. The lowest BCUT2D eigenvalue weighted by atomic mass is 10.3. The van der Waals surface area contributed by atoms with E-state index in [0.29, 0.717) is 10.7 Å². The van der Waals surface area contributed by atoms with Crippen LogP contribution in [0, 0.1) is 0 Å². The van der Waals surface area contributed by atoms with Gasteiger partial charge in [-0.05, 0) is 31.3 Å². The van der Waals surface area contributed by atoms with Gasteiger partial charge in [-0.2, -0.15) is 13.2 Å². The van der Waals surface area contributed by atoms with Crippen LogP contribution in [0.5, 0.6) is 0 Å². The van der Waals surface area contributed by atoms with Gasteiger partial charge in [0.15, 0.2) is 0 Å². The maximum absolute atomic E-state index is 11.9. The molecule has 0 aromatic heterocycles. The molecular formula is C13H15ClF3N3O2. The highest BCUT2D eigenvalue weighted by atomic mass is 35.5. The third-order valence-corrected chi connectivity index (χ3v) is 2.69. The smallest absolute Gasteiger partial charge is 0.346 e. The summed E-state index contributed by atoms with van der Waals surface area (Å²) >= 11 is 5.71. The van der Waals surface area contributed by atoms with Crippen molar-refractivity contribution in [1.29, 1.82) is 0 Å². The number of halogens is 4. The van der Waals surface area contributed by atoms with Crippen molar-refractivity contribution in [2.45, 2.75) is 6.18 Å². The lowest BCUT2D eigenvalue weighted by molar-refractivity contribution is -0.139. The van der Waals surface area contributed by atoms with Crippen molar-refractivity contribution in [2.75, 3.05) is 32.0 Å². The predicted octanol–water partition coefficient (Wildman–Crippen LogP) is 1.89. The first-order chi connectivity index (χ1) is 10.2. The van der Waals surface area contributed by atoms with Crippen LogP contribution >= 0.6 is 11.6 Å². The second-order valence-electron chi connectivity index (χ2n) is 4.62. The van der Waals surface area contributed by atoms with E-state index in [2.05, 4.69) is 5.32 Å². The van der Waals surface area contributed by atoms with Gasteiger partial charge in [0.1, 0.15) is 6.54 Å². The molecular weight excluding hydrogens is 323 g/mol. The molecule has 2 N–H and O–H groups in total. The lowest BCUT2D eigenvalue weighted by Crippen LogP contribution is -2.41. The Morgan fingerprint density at radius 2 is 1.68 bits per heavy atom. The molecule has 0 unspecified atom stereocenters. The summed E-state index contributed by atoms with van der Waals surface area (Å²) in [6, 6.07) is 6.42. The Bertz CT molecular complexity index is 520. The molecule has 0 radical (unpaired) electrons. The number of carbonyl (C=O) groups excluding carboxylic acids is 2. The summed E-state index contributed by atoms with van der Waals surface area (Å²) in [4.78, 5) is 24.3. The van der Waals surface area contributed by atoms with Gasteiger partial charge in [0.2, 0.25) is 11.8 Å². The summed E-state index contributed by atoms with van der Waals surface area (Å²) < 4.78 is 35.8. The fraction of sp³-hybridized carbons (Fsp3) is 0.385. The molecule has 22 heavy (non-hydrogen) atoms. The van der Waals surface area contributed by atoms with E-state index in [4.69, 9.17) is 11.6 Å². The Morgan fingerprint density at radius 1 is 1.14 bits per heavy atom. The number of carbonyl (C=O) groups is 2. The Labute approximate surface area is 130 Å². The van der Waals surface area contributed by atoms with Gasteiger partial charge in [-0.25, -0.2) is 0 Å². The number of nitrogens with zero attached hydrogens (tertiary/aromatic N) is 1. The molecule has 0 saturated carbocycles. The fourth-order valence-electron chi connectivity index (χ4n) is 1.53. The molecule has 0 spiro atoms. The quantitative estimate of drug-likeness (QED) is 0.833. The SMILES string of the molecule is CN(CC(=O)NCC(F)(F)F)CC(=O)Nc1ccc(Cl)cc1. The molecule has 0 saturated heterocycles. The third kappa shape index (κ3) is 7.84. The van der Waals surface area contributed by atoms with Gasteiger partial charge in [0, 0.05) is 10.7 Å². The van der Waals surface area contributed by atoms with Gasteiger partial charge >= 0.3 is 6.18 Å². The highest BCUT2D eigenvalue weighted by molar-refractivity contribution is 6.30. The highest BCUT2D eigenvalue weighted by Gasteiger charge is 2.27. The number of rotatable bonds is 6. The Balaban J connectivity index is 2.34. The monoisotopic (exact) mass is 337 g/mol. The molecule has 0 fully saturated rings. The van der Waals surface area contributed by atoms with Gasteiger partial charge in [-0.1, -0.05) is 11.6 Å². The highest BCUT2D eigenvalue weighted by Crippen LogP contribution is 2.13. The zero-order valence-corrected chi connectivity index (χ0v) is 12.5. The van der Waals surface area contributed by atoms with Crippen LogP contribution in [0.25, 0.3) is 0 Å². The van der Waals surface area contributed by atoms with Crippen LogP contribution < -0.4 is 10.6 Å². The van der Waals surface area contributed by atoms with Gasteiger partial charge < -0.3 is 10.6 Å². The van der Waals surface area contributed by atoms with Gasteiger partial charge in [-0.15, -0.1) is 0 Å². The summed E-state index contributed by atoms with van der Waals surface area (Å²) in [6.07, 6.45) is -4.46. The summed E-state index contributed by atoms with van der Waals surface area (Å²) in [5.74, 6) is -1.20. The minimum absolute atomic E-state index is 0.137. The first-order valence-corrected chi connectivity index (χ1v) is 6.61. The van der Waals surface area contributed by atoms with Crippen LogP contribution in [0.3, 0.4) is 0 Å². The number of likely N-dealkylation sites (N-methyl/N-ethyl adjacent to an activating group) is 1. The van der Waals surface area contributed by atoms with E-state index in [-0.39, 0.29) is 13.1 Å². The molecule has 1 aromatic rings. The summed E-state index contributed by atoms with van der Waals surface area (Å²) in [7, 11) is 1.45. The number of amides is 2. The van der Waals surface area contributed by atoms with Crippen molar-refractivity contribution in [3.05, 3.63) is 29.3 Å². The molecule has 2 amide bonds. The molecule has 0 atom stereocenters. The molecule has 0 aliphatic heterocycles. The second-order valence-corrected chi connectivity index (χ2v) is 5.06. The maximum Gasteiger partial charge on any atom is 0.405 e. The molecule has 1 aromatic carbocycles. The molecule has 1 rings (SSSR count). The zero-order valence-electron chi connectivity index (χ0n) is 11.7. The molecule has 0 aliphatic rings. The van der Waals surface area contributed by atoms with E-state index in [0.717, 1.165) is 0 Å². The molecule has 0 bridgehead atoms. The number of alkyl halides is 3. The average molecular weight is 338 g/mol. The van der Waals surface area contributed by atoms with Gasteiger partial charge in [0.05, 0.1) is 13.1 Å². The molecule has 122 valence electrons. The fourth-order valence-corrected chi connectivity index (χ4v) is 1.66. The molecule has 5 nitrogen and oxygen atoms in total. The second kappa shape index (κ2) is 8.00. The van der Waals surface area contributed by atoms with Crippen LogP contribution in [0.1, 0.15) is 0 Å². The minimum Gasteiger partial charge on any atom is -0.346 e. The van der Waals surface area contributed by atoms with Crippen molar-refractivity contribution in [3.63, 3.8) is 0 Å². The average Bonchev–Trinajstić information content (AvgIpc) is 2.38. The zero-order chi connectivity index (χ0) is 16.8. The molecule has 0 heterocycles. The number of anilines is 1. The normalized spacial score (nSPS) is 11.4. The van der Waals surface area contributed by atoms with Crippen LogP contribution in [0.4, 0.5) is 18.9 Å². The minimum atomic E-state index is -4.46. The Hall–Kier alpha value is -1.80. The first kappa shape index (κ1) is 18.2. The first-order valence-electron chi connectivity index (χ1n) is 6.23. The number of nitrogens with one attached hydrogen (secondary N) is 2. The van der Waals surface area contributed by atoms with Gasteiger partial charge in [0.25, 0.3) is 0 Å². The third-order valence-electron chi connectivity index (χ3n) is 2.44. The number of benzene rings is 1. The summed E-state index contributed by atoms with van der Waals surface area (Å²) in [5.41, 5.74) is 0.532. The summed E-state index contributed by atoms with van der Waals surface area (Å²) in [6.45, 7) is -1.84. The number of hydrogen-bond acceptors (Lipinski definition) is 3. The van der Waals surface area contributed by atoms with Crippen molar-refractivity contribution < 1.29 is 22.8 Å². The van der Waals surface area contributed by atoms with E-state index < -0.39 is 24.5 Å². The predicted molar refractivity (Wildman–Crippen MR) is 76.6 cm³/mol. The van der Waals surface area contributed by atoms with Crippen molar-refractivity contribution in [1.82, 2.24) is 10.2 Å². The largest absolute Gasteiger partial charge is 0.405 e. The lowest BCUT2D eigenvalue weighted by Gasteiger charge is -2.16. The Morgan fingerprint density at radius 3 is 2.23 bits per heavy atom. The topological polar surface area (TPSA) is 61.4 Å². The van der Waals surface area contributed by atoms with Crippen LogP contribution in [0.15, 0.2) is 24.3 Å². The van der Waals surface area contributed by atoms with Crippen molar-refractivity contribution in [3.8, 4) is 0 Å². The van der Waals surface area contributed by atoms with Gasteiger partial charge in [-0.3, -0.25) is 14.5 Å². The number of hydrogen-bond donors (Lipinski definition) is 2. The molecule has 0 aliphatic carbocycles. The van der Waals surface area contributed by atoms with Crippen LogP contribution in [-0.4, -0.2) is 49.6 Å². The van der Waals surface area contributed by atoms with E-state index >= 15 is 0 Å². The van der Waals surface area contributed by atoms with Crippen LogP contribution in [-0.2, 0) is 9.59 Å².